The molecule has 0 radical (unpaired) electrons. The van der Waals surface area contributed by atoms with Gasteiger partial charge in [0.2, 0.25) is 0 Å². The molecule has 0 heterocycles. The van der Waals surface area contributed by atoms with Crippen LogP contribution in [-0.2, 0) is 0 Å². The predicted octanol–water partition coefficient (Wildman–Crippen LogP) is 3.79. The summed E-state index contributed by atoms with van der Waals surface area (Å²) in [4.78, 5) is 11.9. The summed E-state index contributed by atoms with van der Waals surface area (Å²) in [5, 5.41) is 0.482. The molecule has 0 saturated carbocycles. The summed E-state index contributed by atoms with van der Waals surface area (Å²) in [7, 11) is 0. The highest BCUT2D eigenvalue weighted by molar-refractivity contribution is 6.34. The third kappa shape index (κ3) is 2.28. The van der Waals surface area contributed by atoms with Crippen LogP contribution in [0.25, 0.3) is 0 Å². The summed E-state index contributed by atoms with van der Waals surface area (Å²) >= 11 is 11.6. The van der Waals surface area contributed by atoms with Crippen LogP contribution in [0.5, 0.6) is 0 Å². The third-order valence-electron chi connectivity index (χ3n) is 2.07. The molecule has 0 atom stereocenters. The quantitative estimate of drug-likeness (QED) is 0.571. The number of hydrogen-bond donors (Lipinski definition) is 0. The Bertz CT molecular complexity index is 345. The molecule has 3 heteroatoms. The maximum absolute atomic E-state index is 11.9. The van der Waals surface area contributed by atoms with Crippen LogP contribution in [-0.4, -0.2) is 11.7 Å². The van der Waals surface area contributed by atoms with Gasteiger partial charge in [0.15, 0.2) is 5.78 Å². The lowest BCUT2D eigenvalue weighted by atomic mass is 9.86. The Hall–Kier alpha value is -0.530. The molecule has 14 heavy (non-hydrogen) atoms. The van der Waals surface area contributed by atoms with Gasteiger partial charge in [0.1, 0.15) is 0 Å². The predicted molar refractivity (Wildman–Crippen MR) is 60.3 cm³/mol. The van der Waals surface area contributed by atoms with Crippen molar-refractivity contribution < 1.29 is 4.79 Å². The average Bonchev–Trinajstić information content (AvgIpc) is 2.17. The summed E-state index contributed by atoms with van der Waals surface area (Å²) in [6.45, 7) is 3.62. The van der Waals surface area contributed by atoms with Gasteiger partial charge in [-0.05, 0) is 12.1 Å². The van der Waals surface area contributed by atoms with Crippen molar-refractivity contribution in [3.8, 4) is 0 Å². The number of carbonyl (C=O) groups excluding carboxylic acids is 1. The second-order valence-corrected chi connectivity index (χ2v) is 4.50. The number of alkyl halides is 1. The zero-order valence-electron chi connectivity index (χ0n) is 8.18. The van der Waals surface area contributed by atoms with E-state index in [2.05, 4.69) is 0 Å². The van der Waals surface area contributed by atoms with E-state index in [1.165, 1.54) is 0 Å². The molecule has 0 unspecified atom stereocenters. The summed E-state index contributed by atoms with van der Waals surface area (Å²) in [6.07, 6.45) is 0. The molecule has 0 N–H and O–H groups in total. The van der Waals surface area contributed by atoms with Crippen molar-refractivity contribution in [1.82, 2.24) is 0 Å². The highest BCUT2D eigenvalue weighted by atomic mass is 35.5. The molecule has 0 spiro atoms. The number of ketones is 1. The maximum atomic E-state index is 11.9. The number of benzene rings is 1. The van der Waals surface area contributed by atoms with Crippen LogP contribution in [0.1, 0.15) is 24.2 Å². The highest BCUT2D eigenvalue weighted by Gasteiger charge is 2.28. The zero-order valence-corrected chi connectivity index (χ0v) is 9.69. The lowest BCUT2D eigenvalue weighted by Crippen LogP contribution is -2.26. The summed E-state index contributed by atoms with van der Waals surface area (Å²) in [6, 6.07) is 7.02. The van der Waals surface area contributed by atoms with Gasteiger partial charge in [-0.2, -0.15) is 0 Å². The van der Waals surface area contributed by atoms with E-state index in [-0.39, 0.29) is 11.7 Å². The summed E-state index contributed by atoms with van der Waals surface area (Å²) < 4.78 is 0. The number of hydrogen-bond acceptors (Lipinski definition) is 1. The van der Waals surface area contributed by atoms with Crippen LogP contribution in [0.3, 0.4) is 0 Å². The van der Waals surface area contributed by atoms with Gasteiger partial charge < -0.3 is 0 Å². The van der Waals surface area contributed by atoms with E-state index >= 15 is 0 Å². The second kappa shape index (κ2) is 4.33. The fourth-order valence-electron chi connectivity index (χ4n) is 1.07. The minimum absolute atomic E-state index is 0.0156. The van der Waals surface area contributed by atoms with Gasteiger partial charge in [0, 0.05) is 16.9 Å². The summed E-state index contributed by atoms with van der Waals surface area (Å²) in [5.74, 6) is 0.273. The highest BCUT2D eigenvalue weighted by Crippen LogP contribution is 2.27. The molecule has 0 amide bonds. The fraction of sp³-hybridized carbons (Fsp3) is 0.364. The van der Waals surface area contributed by atoms with Crippen LogP contribution in [0.2, 0.25) is 5.02 Å². The van der Waals surface area contributed by atoms with Gasteiger partial charge >= 0.3 is 0 Å². The van der Waals surface area contributed by atoms with Crippen LogP contribution in [0.15, 0.2) is 24.3 Å². The van der Waals surface area contributed by atoms with E-state index in [0.29, 0.717) is 10.6 Å². The number of carbonyl (C=O) groups is 1. The molecule has 76 valence electrons. The van der Waals surface area contributed by atoms with Gasteiger partial charge in [0.05, 0.1) is 5.02 Å². The normalized spacial score (nSPS) is 11.4. The zero-order chi connectivity index (χ0) is 10.8. The smallest absolute Gasteiger partial charge is 0.171 e. The second-order valence-electron chi connectivity index (χ2n) is 3.83. The van der Waals surface area contributed by atoms with E-state index < -0.39 is 5.41 Å². The van der Waals surface area contributed by atoms with Gasteiger partial charge in [0.25, 0.3) is 0 Å². The standard InChI is InChI=1S/C11H12Cl2O/c1-11(2,7-12)10(14)8-5-3-4-6-9(8)13/h3-6H,7H2,1-2H3. The monoisotopic (exact) mass is 230 g/mol. The van der Waals surface area contributed by atoms with Gasteiger partial charge in [-0.25, -0.2) is 0 Å². The topological polar surface area (TPSA) is 17.1 Å². The van der Waals surface area contributed by atoms with Crippen molar-refractivity contribution in [3.63, 3.8) is 0 Å². The molecule has 0 bridgehead atoms. The van der Waals surface area contributed by atoms with E-state index in [0.717, 1.165) is 0 Å². The largest absolute Gasteiger partial charge is 0.293 e. The van der Waals surface area contributed by atoms with Crippen LogP contribution < -0.4 is 0 Å². The van der Waals surface area contributed by atoms with Crippen molar-refractivity contribution in [2.45, 2.75) is 13.8 Å². The Morgan fingerprint density at radius 2 is 1.93 bits per heavy atom. The lowest BCUT2D eigenvalue weighted by Gasteiger charge is -2.20. The van der Waals surface area contributed by atoms with Crippen LogP contribution >= 0.6 is 23.2 Å². The van der Waals surface area contributed by atoms with Crippen molar-refractivity contribution >= 4 is 29.0 Å². The van der Waals surface area contributed by atoms with E-state index in [1.807, 2.05) is 13.8 Å². The van der Waals surface area contributed by atoms with Gasteiger partial charge in [-0.1, -0.05) is 37.6 Å². The Morgan fingerprint density at radius 3 is 2.43 bits per heavy atom. The van der Waals surface area contributed by atoms with Crippen LogP contribution in [0, 0.1) is 5.41 Å². The Morgan fingerprint density at radius 1 is 1.36 bits per heavy atom. The Balaban J connectivity index is 3.07. The van der Waals surface area contributed by atoms with E-state index in [1.54, 1.807) is 24.3 Å². The third-order valence-corrected chi connectivity index (χ3v) is 3.06. The first-order valence-corrected chi connectivity index (χ1v) is 5.25. The molecule has 0 aliphatic carbocycles. The molecular formula is C11H12Cl2O. The van der Waals surface area contributed by atoms with Crippen molar-refractivity contribution in [1.29, 1.82) is 0 Å². The first kappa shape index (κ1) is 11.5. The first-order chi connectivity index (χ1) is 6.49. The minimum atomic E-state index is -0.563. The Kier molecular flexibility index (Phi) is 3.57. The van der Waals surface area contributed by atoms with E-state index in [9.17, 15) is 4.79 Å². The van der Waals surface area contributed by atoms with E-state index in [4.69, 9.17) is 23.2 Å². The molecule has 0 saturated heterocycles. The van der Waals surface area contributed by atoms with Gasteiger partial charge in [-0.3, -0.25) is 4.79 Å². The van der Waals surface area contributed by atoms with Crippen molar-refractivity contribution in [3.05, 3.63) is 34.9 Å². The molecule has 1 nitrogen and oxygen atoms in total. The Labute approximate surface area is 94.0 Å². The molecule has 0 aliphatic rings. The number of rotatable bonds is 3. The van der Waals surface area contributed by atoms with Crippen molar-refractivity contribution in [2.75, 3.05) is 5.88 Å². The average molecular weight is 231 g/mol. The molecular weight excluding hydrogens is 219 g/mol. The van der Waals surface area contributed by atoms with Crippen molar-refractivity contribution in [2.24, 2.45) is 5.41 Å². The fourth-order valence-corrected chi connectivity index (χ4v) is 1.41. The van der Waals surface area contributed by atoms with Crippen LogP contribution in [0.4, 0.5) is 0 Å². The maximum Gasteiger partial charge on any atom is 0.171 e. The molecule has 0 fully saturated rings. The molecule has 0 aliphatic heterocycles. The molecule has 1 rings (SSSR count). The van der Waals surface area contributed by atoms with Gasteiger partial charge in [-0.15, -0.1) is 11.6 Å². The summed E-state index contributed by atoms with van der Waals surface area (Å²) in [5.41, 5.74) is -0.0215. The molecule has 0 aromatic heterocycles. The SMILES string of the molecule is CC(C)(CCl)C(=O)c1ccccc1Cl. The minimum Gasteiger partial charge on any atom is -0.293 e. The number of Topliss-reactive ketones (excluding diaryl/α,β-unsaturated/α-hetero) is 1. The first-order valence-electron chi connectivity index (χ1n) is 4.34. The molecule has 1 aromatic carbocycles. The molecule has 1 aromatic rings. The number of halogens is 2. The lowest BCUT2D eigenvalue weighted by molar-refractivity contribution is 0.0862.